The lowest BCUT2D eigenvalue weighted by Crippen LogP contribution is -2.23. The summed E-state index contributed by atoms with van der Waals surface area (Å²) in [5.74, 6) is 0.107. The van der Waals surface area contributed by atoms with E-state index in [0.717, 1.165) is 24.5 Å². The zero-order chi connectivity index (χ0) is 20.8. The van der Waals surface area contributed by atoms with E-state index < -0.39 is 0 Å². The Morgan fingerprint density at radius 3 is 2.33 bits per heavy atom. The third-order valence-electron chi connectivity index (χ3n) is 4.97. The van der Waals surface area contributed by atoms with Gasteiger partial charge in [0.15, 0.2) is 0 Å². The minimum Gasteiger partial charge on any atom is -0.372 e. The summed E-state index contributed by atoms with van der Waals surface area (Å²) in [5, 5.41) is 15.8. The van der Waals surface area contributed by atoms with Gasteiger partial charge in [-0.05, 0) is 71.8 Å². The van der Waals surface area contributed by atoms with E-state index in [-0.39, 0.29) is 11.7 Å². The molecule has 30 heavy (non-hydrogen) atoms. The molecule has 0 saturated carbocycles. The highest BCUT2D eigenvalue weighted by atomic mass is 35.5. The third-order valence-corrected chi connectivity index (χ3v) is 6.14. The molecule has 0 atom stereocenters. The van der Waals surface area contributed by atoms with Crippen LogP contribution in [0.1, 0.15) is 25.7 Å². The quantitative estimate of drug-likeness (QED) is 0.569. The van der Waals surface area contributed by atoms with Crippen LogP contribution in [0, 0.1) is 0 Å². The molecule has 0 bridgehead atoms. The molecule has 4 rings (SSSR count). The van der Waals surface area contributed by atoms with Gasteiger partial charge < -0.3 is 10.2 Å². The monoisotopic (exact) mass is 442 g/mol. The second-order valence-electron chi connectivity index (χ2n) is 7.13. The van der Waals surface area contributed by atoms with Gasteiger partial charge in [0.2, 0.25) is 11.1 Å². The summed E-state index contributed by atoms with van der Waals surface area (Å²) < 4.78 is 1.59. The predicted octanol–water partition coefficient (Wildman–Crippen LogP) is 4.43. The molecule has 3 aromatic rings. The van der Waals surface area contributed by atoms with Crippen LogP contribution in [0.25, 0.3) is 5.69 Å². The van der Waals surface area contributed by atoms with Crippen molar-refractivity contribution in [2.75, 3.05) is 29.1 Å². The van der Waals surface area contributed by atoms with Crippen molar-refractivity contribution in [3.8, 4) is 5.69 Å². The van der Waals surface area contributed by atoms with Gasteiger partial charge in [-0.3, -0.25) is 4.79 Å². The molecule has 2 heterocycles. The highest BCUT2D eigenvalue weighted by Gasteiger charge is 2.13. The zero-order valence-corrected chi connectivity index (χ0v) is 18.1. The van der Waals surface area contributed by atoms with Crippen LogP contribution in [0.4, 0.5) is 11.4 Å². The first-order valence-electron chi connectivity index (χ1n) is 10.0. The fraction of sp³-hybridized carbons (Fsp3) is 0.333. The van der Waals surface area contributed by atoms with Crippen molar-refractivity contribution in [3.63, 3.8) is 0 Å². The standard InChI is InChI=1S/C21H23ClN6OS/c22-16-5-9-19(10-6-16)28-21(24-25-26-28)30-15-20(29)23-17-7-11-18(12-8-17)27-13-3-1-2-4-14-27/h5-12H,1-4,13-15H2,(H,23,29). The van der Waals surface area contributed by atoms with E-state index in [1.54, 1.807) is 16.8 Å². The van der Waals surface area contributed by atoms with Crippen molar-refractivity contribution < 1.29 is 4.79 Å². The number of tetrazole rings is 1. The summed E-state index contributed by atoms with van der Waals surface area (Å²) in [7, 11) is 0. The first-order chi connectivity index (χ1) is 14.7. The van der Waals surface area contributed by atoms with Crippen LogP contribution < -0.4 is 10.2 Å². The van der Waals surface area contributed by atoms with Crippen molar-refractivity contribution in [1.82, 2.24) is 20.2 Å². The largest absolute Gasteiger partial charge is 0.372 e. The van der Waals surface area contributed by atoms with Gasteiger partial charge in [-0.2, -0.15) is 4.68 Å². The third kappa shape index (κ3) is 5.31. The number of carbonyl (C=O) groups is 1. The Morgan fingerprint density at radius 2 is 1.63 bits per heavy atom. The molecule has 2 aromatic carbocycles. The lowest BCUT2D eigenvalue weighted by Gasteiger charge is -2.22. The fourth-order valence-corrected chi connectivity index (χ4v) is 4.24. The number of amides is 1. The molecule has 1 N–H and O–H groups in total. The minimum atomic E-state index is -0.104. The highest BCUT2D eigenvalue weighted by molar-refractivity contribution is 7.99. The average molecular weight is 443 g/mol. The van der Waals surface area contributed by atoms with E-state index in [4.69, 9.17) is 11.6 Å². The van der Waals surface area contributed by atoms with Crippen molar-refractivity contribution in [3.05, 3.63) is 53.6 Å². The Hall–Kier alpha value is -2.58. The predicted molar refractivity (Wildman–Crippen MR) is 121 cm³/mol. The van der Waals surface area contributed by atoms with Crippen molar-refractivity contribution in [2.24, 2.45) is 0 Å². The van der Waals surface area contributed by atoms with Crippen molar-refractivity contribution in [2.45, 2.75) is 30.8 Å². The number of carbonyl (C=O) groups excluding carboxylic acids is 1. The van der Waals surface area contributed by atoms with Gasteiger partial charge in [0.25, 0.3) is 0 Å². The van der Waals surface area contributed by atoms with E-state index in [1.165, 1.54) is 43.1 Å². The molecule has 0 radical (unpaired) electrons. The summed E-state index contributed by atoms with van der Waals surface area (Å²) in [4.78, 5) is 14.8. The number of hydrogen-bond acceptors (Lipinski definition) is 6. The molecule has 1 amide bonds. The van der Waals surface area contributed by atoms with Crippen LogP contribution in [0.2, 0.25) is 5.02 Å². The first kappa shape index (κ1) is 20.7. The lowest BCUT2D eigenvalue weighted by molar-refractivity contribution is -0.113. The molecular weight excluding hydrogens is 420 g/mol. The van der Waals surface area contributed by atoms with Gasteiger partial charge >= 0.3 is 0 Å². The van der Waals surface area contributed by atoms with Crippen LogP contribution in [-0.4, -0.2) is 45.0 Å². The molecule has 0 unspecified atom stereocenters. The minimum absolute atomic E-state index is 0.104. The van der Waals surface area contributed by atoms with Gasteiger partial charge in [-0.1, -0.05) is 36.2 Å². The van der Waals surface area contributed by atoms with Crippen LogP contribution in [-0.2, 0) is 4.79 Å². The van der Waals surface area contributed by atoms with E-state index in [1.807, 2.05) is 24.3 Å². The summed E-state index contributed by atoms with van der Waals surface area (Å²) in [6.45, 7) is 2.20. The molecule has 0 aliphatic carbocycles. The number of nitrogens with one attached hydrogen (secondary N) is 1. The molecule has 1 fully saturated rings. The fourth-order valence-electron chi connectivity index (χ4n) is 3.42. The molecule has 9 heteroatoms. The van der Waals surface area contributed by atoms with E-state index in [0.29, 0.717) is 10.2 Å². The highest BCUT2D eigenvalue weighted by Crippen LogP contribution is 2.23. The normalized spacial score (nSPS) is 14.4. The number of rotatable bonds is 6. The maximum absolute atomic E-state index is 12.4. The SMILES string of the molecule is O=C(CSc1nnnn1-c1ccc(Cl)cc1)Nc1ccc(N2CCCCCC2)cc1. The molecule has 1 aliphatic rings. The van der Waals surface area contributed by atoms with Crippen molar-refractivity contribution in [1.29, 1.82) is 0 Å². The number of nitrogens with zero attached hydrogens (tertiary/aromatic N) is 5. The van der Waals surface area contributed by atoms with E-state index >= 15 is 0 Å². The Labute approximate surface area is 184 Å². The molecule has 7 nitrogen and oxygen atoms in total. The van der Waals surface area contributed by atoms with E-state index in [9.17, 15) is 4.79 Å². The van der Waals surface area contributed by atoms with E-state index in [2.05, 4.69) is 37.9 Å². The summed E-state index contributed by atoms with van der Waals surface area (Å²) in [6, 6.07) is 15.3. The Bertz CT molecular complexity index is 968. The second kappa shape index (κ2) is 9.95. The first-order valence-corrected chi connectivity index (χ1v) is 11.4. The van der Waals surface area contributed by atoms with Crippen LogP contribution in [0.5, 0.6) is 0 Å². The number of halogens is 1. The molecule has 1 aliphatic heterocycles. The van der Waals surface area contributed by atoms with Gasteiger partial charge in [-0.25, -0.2) is 0 Å². The summed E-state index contributed by atoms with van der Waals surface area (Å²) in [6.07, 6.45) is 5.10. The maximum atomic E-state index is 12.4. The summed E-state index contributed by atoms with van der Waals surface area (Å²) in [5.41, 5.74) is 2.79. The smallest absolute Gasteiger partial charge is 0.234 e. The lowest BCUT2D eigenvalue weighted by atomic mass is 10.2. The Kier molecular flexibility index (Phi) is 6.86. The Morgan fingerprint density at radius 1 is 0.967 bits per heavy atom. The van der Waals surface area contributed by atoms with Gasteiger partial charge in [0, 0.05) is 29.5 Å². The van der Waals surface area contributed by atoms with Gasteiger partial charge in [0.05, 0.1) is 11.4 Å². The Balaban J connectivity index is 1.32. The topological polar surface area (TPSA) is 75.9 Å². The molecule has 1 aromatic heterocycles. The molecule has 0 spiro atoms. The number of anilines is 2. The number of benzene rings is 2. The van der Waals surface area contributed by atoms with Crippen molar-refractivity contribution >= 4 is 40.6 Å². The van der Waals surface area contributed by atoms with Crippen LogP contribution in [0.15, 0.2) is 53.7 Å². The number of hydrogen-bond donors (Lipinski definition) is 1. The zero-order valence-electron chi connectivity index (χ0n) is 16.5. The summed E-state index contributed by atoms with van der Waals surface area (Å²) >= 11 is 7.21. The number of aromatic nitrogens is 4. The van der Waals surface area contributed by atoms with Crippen LogP contribution >= 0.6 is 23.4 Å². The maximum Gasteiger partial charge on any atom is 0.234 e. The molecule has 1 saturated heterocycles. The number of thioether (sulfide) groups is 1. The van der Waals surface area contributed by atoms with Gasteiger partial charge in [0.1, 0.15) is 0 Å². The molecule has 156 valence electrons. The van der Waals surface area contributed by atoms with Gasteiger partial charge in [-0.15, -0.1) is 5.10 Å². The van der Waals surface area contributed by atoms with Crippen LogP contribution in [0.3, 0.4) is 0 Å². The average Bonchev–Trinajstić information content (AvgIpc) is 3.06. The molecular formula is C21H23ClN6OS. The second-order valence-corrected chi connectivity index (χ2v) is 8.51.